The van der Waals surface area contributed by atoms with E-state index in [9.17, 15) is 14.4 Å². The van der Waals surface area contributed by atoms with E-state index in [0.29, 0.717) is 5.69 Å². The van der Waals surface area contributed by atoms with Crippen LogP contribution >= 0.6 is 23.1 Å². The highest BCUT2D eigenvalue weighted by Crippen LogP contribution is 2.30. The van der Waals surface area contributed by atoms with Crippen LogP contribution in [-0.2, 0) is 14.4 Å². The number of imide groups is 1. The summed E-state index contributed by atoms with van der Waals surface area (Å²) in [5, 5.41) is 4.53. The summed E-state index contributed by atoms with van der Waals surface area (Å²) < 4.78 is 0. The third-order valence-electron chi connectivity index (χ3n) is 4.37. The summed E-state index contributed by atoms with van der Waals surface area (Å²) in [6, 6.07) is 12.8. The van der Waals surface area contributed by atoms with Crippen LogP contribution in [0.25, 0.3) is 0 Å². The number of thioether (sulfide) groups is 1. The Labute approximate surface area is 167 Å². The van der Waals surface area contributed by atoms with Gasteiger partial charge < -0.3 is 5.32 Å². The minimum Gasteiger partial charge on any atom is -0.348 e. The number of carbonyl (C=O) groups is 3. The first-order valence-electron chi connectivity index (χ1n) is 8.83. The zero-order valence-corrected chi connectivity index (χ0v) is 16.9. The topological polar surface area (TPSA) is 66.5 Å². The molecule has 7 heteroatoms. The van der Waals surface area contributed by atoms with E-state index in [0.717, 1.165) is 4.88 Å². The van der Waals surface area contributed by atoms with Crippen LogP contribution < -0.4 is 10.2 Å². The second kappa shape index (κ2) is 8.71. The lowest BCUT2D eigenvalue weighted by atomic mass is 10.0. The van der Waals surface area contributed by atoms with Gasteiger partial charge in [0.25, 0.3) is 0 Å². The molecule has 2 aromatic rings. The summed E-state index contributed by atoms with van der Waals surface area (Å²) >= 11 is 2.85. The third kappa shape index (κ3) is 4.59. The standard InChI is InChI=1S/C20H22N2O3S2/c1-13(2)19(15-9-6-10-26-15)21-17(23)12-27-16-11-18(24)22(20(16)25)14-7-4-3-5-8-14/h3-10,13,16,19H,11-12H2,1-2H3,(H,21,23). The highest BCUT2D eigenvalue weighted by atomic mass is 32.2. The third-order valence-corrected chi connectivity index (χ3v) is 6.52. The van der Waals surface area contributed by atoms with Crippen molar-refractivity contribution in [3.8, 4) is 0 Å². The van der Waals surface area contributed by atoms with Gasteiger partial charge in [-0.05, 0) is 29.5 Å². The van der Waals surface area contributed by atoms with Crippen molar-refractivity contribution in [3.05, 3.63) is 52.7 Å². The molecule has 5 nitrogen and oxygen atoms in total. The molecule has 0 spiro atoms. The molecule has 1 N–H and O–H groups in total. The van der Waals surface area contributed by atoms with Gasteiger partial charge in [0.05, 0.1) is 22.7 Å². The van der Waals surface area contributed by atoms with Crippen molar-refractivity contribution in [1.82, 2.24) is 5.32 Å². The first-order chi connectivity index (χ1) is 13.0. The smallest absolute Gasteiger partial charge is 0.247 e. The fourth-order valence-corrected chi connectivity index (χ4v) is 4.90. The van der Waals surface area contributed by atoms with Crippen LogP contribution in [0.1, 0.15) is 31.2 Å². The van der Waals surface area contributed by atoms with E-state index >= 15 is 0 Å². The molecule has 1 fully saturated rings. The Kier molecular flexibility index (Phi) is 6.34. The highest BCUT2D eigenvalue weighted by Gasteiger charge is 2.40. The number of hydrogen-bond acceptors (Lipinski definition) is 5. The Balaban J connectivity index is 1.57. The Morgan fingerprint density at radius 3 is 2.59 bits per heavy atom. The summed E-state index contributed by atoms with van der Waals surface area (Å²) in [4.78, 5) is 39.6. The molecule has 1 aromatic heterocycles. The summed E-state index contributed by atoms with van der Waals surface area (Å²) in [5.41, 5.74) is 0.581. The second-order valence-electron chi connectivity index (χ2n) is 6.71. The minimum atomic E-state index is -0.511. The molecule has 0 bridgehead atoms. The minimum absolute atomic E-state index is 0.0418. The van der Waals surface area contributed by atoms with Crippen LogP contribution in [0.4, 0.5) is 5.69 Å². The lowest BCUT2D eigenvalue weighted by Crippen LogP contribution is -2.34. The number of rotatable bonds is 7. The SMILES string of the molecule is CC(C)C(NC(=O)CSC1CC(=O)N(c2ccccc2)C1=O)c1cccs1. The van der Waals surface area contributed by atoms with E-state index in [1.54, 1.807) is 35.6 Å². The fourth-order valence-electron chi connectivity index (χ4n) is 3.01. The predicted molar refractivity (Wildman–Crippen MR) is 110 cm³/mol. The molecule has 0 saturated carbocycles. The molecule has 142 valence electrons. The number of nitrogens with zero attached hydrogens (tertiary/aromatic N) is 1. The van der Waals surface area contributed by atoms with Crippen molar-refractivity contribution in [2.24, 2.45) is 5.92 Å². The van der Waals surface area contributed by atoms with E-state index < -0.39 is 5.25 Å². The number of amides is 3. The lowest BCUT2D eigenvalue weighted by Gasteiger charge is -2.21. The van der Waals surface area contributed by atoms with Gasteiger partial charge in [0.2, 0.25) is 17.7 Å². The largest absolute Gasteiger partial charge is 0.348 e. The molecule has 1 aliphatic rings. The first-order valence-corrected chi connectivity index (χ1v) is 10.8. The van der Waals surface area contributed by atoms with Gasteiger partial charge in [0, 0.05) is 11.3 Å². The van der Waals surface area contributed by atoms with Crippen LogP contribution in [0.5, 0.6) is 0 Å². The van der Waals surface area contributed by atoms with Crippen LogP contribution in [0.2, 0.25) is 0 Å². The van der Waals surface area contributed by atoms with Crippen LogP contribution in [0.15, 0.2) is 47.8 Å². The van der Waals surface area contributed by atoms with Crippen molar-refractivity contribution in [3.63, 3.8) is 0 Å². The van der Waals surface area contributed by atoms with Crippen molar-refractivity contribution in [2.45, 2.75) is 31.6 Å². The molecular formula is C20H22N2O3S2. The molecule has 2 unspecified atom stereocenters. The molecule has 0 aliphatic carbocycles. The summed E-state index contributed by atoms with van der Waals surface area (Å²) in [5.74, 6) is -0.169. The molecule has 27 heavy (non-hydrogen) atoms. The number of hydrogen-bond donors (Lipinski definition) is 1. The number of carbonyl (C=O) groups excluding carboxylic acids is 3. The summed E-state index contributed by atoms with van der Waals surface area (Å²) in [6.45, 7) is 4.13. The van der Waals surface area contributed by atoms with Crippen LogP contribution in [0, 0.1) is 5.92 Å². The molecule has 2 atom stereocenters. The zero-order valence-electron chi connectivity index (χ0n) is 15.3. The van der Waals surface area contributed by atoms with Gasteiger partial charge in [-0.3, -0.25) is 14.4 Å². The number of anilines is 1. The number of thiophene rings is 1. The van der Waals surface area contributed by atoms with Crippen LogP contribution in [0.3, 0.4) is 0 Å². The molecule has 1 aromatic carbocycles. The van der Waals surface area contributed by atoms with Crippen molar-refractivity contribution >= 4 is 46.5 Å². The van der Waals surface area contributed by atoms with Gasteiger partial charge in [0.15, 0.2) is 0 Å². The van der Waals surface area contributed by atoms with Gasteiger partial charge >= 0.3 is 0 Å². The van der Waals surface area contributed by atoms with Crippen LogP contribution in [-0.4, -0.2) is 28.7 Å². The molecule has 1 aliphatic heterocycles. The molecule has 1 saturated heterocycles. The fraction of sp³-hybridized carbons (Fsp3) is 0.350. The molecule has 3 rings (SSSR count). The molecule has 2 heterocycles. The predicted octanol–water partition coefficient (Wildman–Crippen LogP) is 3.63. The Hall–Kier alpha value is -2.12. The highest BCUT2D eigenvalue weighted by molar-refractivity contribution is 8.01. The monoisotopic (exact) mass is 402 g/mol. The average molecular weight is 403 g/mol. The zero-order chi connectivity index (χ0) is 19.4. The Morgan fingerprint density at radius 1 is 1.22 bits per heavy atom. The van der Waals surface area contributed by atoms with E-state index in [4.69, 9.17) is 0 Å². The van der Waals surface area contributed by atoms with Crippen molar-refractivity contribution in [2.75, 3.05) is 10.7 Å². The van der Waals surface area contributed by atoms with Gasteiger partial charge in [-0.15, -0.1) is 23.1 Å². The molecule has 0 radical (unpaired) electrons. The van der Waals surface area contributed by atoms with Gasteiger partial charge in [-0.1, -0.05) is 38.1 Å². The van der Waals surface area contributed by atoms with Crippen molar-refractivity contribution < 1.29 is 14.4 Å². The van der Waals surface area contributed by atoms with E-state index in [2.05, 4.69) is 19.2 Å². The maximum atomic E-state index is 12.6. The second-order valence-corrected chi connectivity index (χ2v) is 8.88. The molecule has 3 amide bonds. The Morgan fingerprint density at radius 2 is 1.96 bits per heavy atom. The first kappa shape index (κ1) is 19.6. The maximum absolute atomic E-state index is 12.6. The maximum Gasteiger partial charge on any atom is 0.247 e. The molecular weight excluding hydrogens is 380 g/mol. The lowest BCUT2D eigenvalue weighted by molar-refractivity contribution is -0.121. The van der Waals surface area contributed by atoms with Gasteiger partial charge in [-0.2, -0.15) is 0 Å². The van der Waals surface area contributed by atoms with E-state index in [1.807, 2.05) is 23.6 Å². The quantitative estimate of drug-likeness (QED) is 0.718. The van der Waals surface area contributed by atoms with Crippen molar-refractivity contribution in [1.29, 1.82) is 0 Å². The summed E-state index contributed by atoms with van der Waals surface area (Å²) in [7, 11) is 0. The number of benzene rings is 1. The van der Waals surface area contributed by atoms with Gasteiger partial charge in [-0.25, -0.2) is 4.90 Å². The average Bonchev–Trinajstić information content (AvgIpc) is 3.26. The number of para-hydroxylation sites is 1. The van der Waals surface area contributed by atoms with E-state index in [1.165, 1.54) is 16.7 Å². The Bertz CT molecular complexity index is 806. The summed E-state index contributed by atoms with van der Waals surface area (Å²) in [6.07, 6.45) is 0.129. The van der Waals surface area contributed by atoms with E-state index in [-0.39, 0.29) is 41.9 Å². The van der Waals surface area contributed by atoms with Gasteiger partial charge in [0.1, 0.15) is 0 Å². The normalized spacial score (nSPS) is 18.2. The number of nitrogens with one attached hydrogen (secondary N) is 1.